The van der Waals surface area contributed by atoms with Crippen molar-refractivity contribution >= 4 is 0 Å². The van der Waals surface area contributed by atoms with Gasteiger partial charge in [0.15, 0.2) is 6.29 Å². The molecule has 1 aliphatic carbocycles. The third-order valence-electron chi connectivity index (χ3n) is 6.39. The highest BCUT2D eigenvalue weighted by Gasteiger charge is 2.39. The summed E-state index contributed by atoms with van der Waals surface area (Å²) in [5.41, 5.74) is 0.520. The molecule has 27 heavy (non-hydrogen) atoms. The van der Waals surface area contributed by atoms with Crippen LogP contribution < -0.4 is 0 Å². The Morgan fingerprint density at radius 2 is 1.52 bits per heavy atom. The van der Waals surface area contributed by atoms with Gasteiger partial charge in [-0.3, -0.25) is 0 Å². The molecule has 162 valence electrons. The van der Waals surface area contributed by atoms with Crippen LogP contribution in [0.25, 0.3) is 0 Å². The lowest BCUT2D eigenvalue weighted by Gasteiger charge is -2.44. The van der Waals surface area contributed by atoms with E-state index < -0.39 is 6.29 Å². The van der Waals surface area contributed by atoms with E-state index in [9.17, 15) is 5.11 Å². The second-order valence-electron chi connectivity index (χ2n) is 11.6. The molecule has 0 aliphatic heterocycles. The molecule has 0 aromatic rings. The predicted molar refractivity (Wildman–Crippen MR) is 115 cm³/mol. The lowest BCUT2D eigenvalue weighted by molar-refractivity contribution is -0.164. The zero-order valence-corrected chi connectivity index (χ0v) is 19.7. The molecule has 0 aromatic carbocycles. The highest BCUT2D eigenvalue weighted by Crippen LogP contribution is 2.47. The maximum Gasteiger partial charge on any atom is 0.157 e. The lowest BCUT2D eigenvalue weighted by Crippen LogP contribution is -2.38. The van der Waals surface area contributed by atoms with Crippen molar-refractivity contribution in [1.82, 2.24) is 0 Å². The number of hydrogen-bond donors (Lipinski definition) is 1. The molecular weight excluding hydrogens is 336 g/mol. The SMILES string of the molecule is CCC(C)(C)OCCOC(O)C1CCCC(C(CC(C)(C)C)C(C)(C)C)C1. The molecule has 1 saturated carbocycles. The second kappa shape index (κ2) is 10.1. The Morgan fingerprint density at radius 3 is 2.04 bits per heavy atom. The molecule has 3 nitrogen and oxygen atoms in total. The Morgan fingerprint density at radius 1 is 0.926 bits per heavy atom. The first kappa shape index (κ1) is 24.9. The molecule has 0 saturated heterocycles. The molecule has 0 heterocycles. The quantitative estimate of drug-likeness (QED) is 0.367. The minimum Gasteiger partial charge on any atom is -0.373 e. The van der Waals surface area contributed by atoms with E-state index in [0.29, 0.717) is 35.9 Å². The van der Waals surface area contributed by atoms with Gasteiger partial charge in [-0.05, 0) is 62.2 Å². The zero-order chi connectivity index (χ0) is 20.9. The Bertz CT molecular complexity index is 416. The number of hydrogen-bond acceptors (Lipinski definition) is 3. The summed E-state index contributed by atoms with van der Waals surface area (Å²) in [4.78, 5) is 0. The van der Waals surface area contributed by atoms with E-state index in [1.807, 2.05) is 0 Å². The van der Waals surface area contributed by atoms with Crippen LogP contribution >= 0.6 is 0 Å². The third-order valence-corrected chi connectivity index (χ3v) is 6.39. The average Bonchev–Trinajstić information content (AvgIpc) is 2.55. The molecule has 0 radical (unpaired) electrons. The van der Waals surface area contributed by atoms with Crippen LogP contribution in [-0.2, 0) is 9.47 Å². The van der Waals surface area contributed by atoms with E-state index in [0.717, 1.165) is 19.3 Å². The van der Waals surface area contributed by atoms with Gasteiger partial charge in [0.25, 0.3) is 0 Å². The summed E-state index contributed by atoms with van der Waals surface area (Å²) < 4.78 is 11.6. The van der Waals surface area contributed by atoms with Crippen LogP contribution in [0.3, 0.4) is 0 Å². The predicted octanol–water partition coefficient (Wildman–Crippen LogP) is 6.43. The highest BCUT2D eigenvalue weighted by molar-refractivity contribution is 4.88. The fourth-order valence-corrected chi connectivity index (χ4v) is 4.46. The van der Waals surface area contributed by atoms with Crippen molar-refractivity contribution in [3.63, 3.8) is 0 Å². The van der Waals surface area contributed by atoms with Gasteiger partial charge >= 0.3 is 0 Å². The summed E-state index contributed by atoms with van der Waals surface area (Å²) in [6.07, 6.45) is 6.20. The highest BCUT2D eigenvalue weighted by atomic mass is 16.6. The van der Waals surface area contributed by atoms with Gasteiger partial charge in [0.05, 0.1) is 18.8 Å². The van der Waals surface area contributed by atoms with Crippen molar-refractivity contribution in [2.45, 2.75) is 113 Å². The third kappa shape index (κ3) is 9.28. The largest absolute Gasteiger partial charge is 0.373 e. The summed E-state index contributed by atoms with van der Waals surface area (Å²) in [6.45, 7) is 21.5. The first-order valence-corrected chi connectivity index (χ1v) is 11.2. The Balaban J connectivity index is 2.58. The fourth-order valence-electron chi connectivity index (χ4n) is 4.46. The average molecular weight is 385 g/mol. The van der Waals surface area contributed by atoms with E-state index in [1.165, 1.54) is 19.3 Å². The van der Waals surface area contributed by atoms with Gasteiger partial charge < -0.3 is 14.6 Å². The molecule has 1 rings (SSSR count). The van der Waals surface area contributed by atoms with Crippen LogP contribution in [-0.4, -0.2) is 30.2 Å². The van der Waals surface area contributed by atoms with Crippen molar-refractivity contribution in [3.8, 4) is 0 Å². The van der Waals surface area contributed by atoms with Crippen LogP contribution in [0.1, 0.15) is 101 Å². The fraction of sp³-hybridized carbons (Fsp3) is 1.00. The van der Waals surface area contributed by atoms with Crippen molar-refractivity contribution in [2.75, 3.05) is 13.2 Å². The smallest absolute Gasteiger partial charge is 0.157 e. The number of aliphatic hydroxyl groups excluding tert-OH is 1. The summed E-state index contributed by atoms with van der Waals surface area (Å²) in [7, 11) is 0. The number of ether oxygens (including phenoxy) is 2. The van der Waals surface area contributed by atoms with E-state index in [2.05, 4.69) is 62.3 Å². The second-order valence-corrected chi connectivity index (χ2v) is 11.6. The zero-order valence-electron chi connectivity index (χ0n) is 19.7. The van der Waals surface area contributed by atoms with Crippen LogP contribution in [0.2, 0.25) is 0 Å². The molecule has 1 N–H and O–H groups in total. The van der Waals surface area contributed by atoms with Crippen LogP contribution in [0.4, 0.5) is 0 Å². The van der Waals surface area contributed by atoms with Crippen LogP contribution in [0, 0.1) is 28.6 Å². The molecular formula is C24H48O3. The minimum atomic E-state index is -0.656. The minimum absolute atomic E-state index is 0.114. The number of aliphatic hydroxyl groups is 1. The first-order valence-electron chi connectivity index (χ1n) is 11.2. The van der Waals surface area contributed by atoms with E-state index in [4.69, 9.17) is 9.47 Å². The standard InChI is InChI=1S/C24H48O3/c1-10-24(8,9)27-15-14-26-21(25)19-13-11-12-18(16-19)20(23(5,6)7)17-22(2,3)4/h18-21,25H,10-17H2,1-9H3. The van der Waals surface area contributed by atoms with Gasteiger partial charge in [-0.25, -0.2) is 0 Å². The van der Waals surface area contributed by atoms with Gasteiger partial charge in [0.1, 0.15) is 0 Å². The number of rotatable bonds is 9. The molecule has 4 atom stereocenters. The maximum atomic E-state index is 10.6. The first-order chi connectivity index (χ1) is 12.2. The van der Waals surface area contributed by atoms with Gasteiger partial charge in [-0.1, -0.05) is 61.3 Å². The lowest BCUT2D eigenvalue weighted by atomic mass is 9.62. The Labute approximate surface area is 169 Å². The molecule has 0 spiro atoms. The van der Waals surface area contributed by atoms with E-state index >= 15 is 0 Å². The van der Waals surface area contributed by atoms with Crippen LogP contribution in [0.15, 0.2) is 0 Å². The Kier molecular flexibility index (Phi) is 9.30. The molecule has 0 bridgehead atoms. The van der Waals surface area contributed by atoms with E-state index in [-0.39, 0.29) is 11.5 Å². The molecule has 0 aromatic heterocycles. The Hall–Kier alpha value is -0.120. The monoisotopic (exact) mass is 384 g/mol. The molecule has 1 fully saturated rings. The van der Waals surface area contributed by atoms with Crippen molar-refractivity contribution < 1.29 is 14.6 Å². The summed E-state index contributed by atoms with van der Waals surface area (Å²) >= 11 is 0. The van der Waals surface area contributed by atoms with Crippen molar-refractivity contribution in [1.29, 1.82) is 0 Å². The van der Waals surface area contributed by atoms with Crippen molar-refractivity contribution in [2.24, 2.45) is 28.6 Å². The molecule has 4 unspecified atom stereocenters. The van der Waals surface area contributed by atoms with Gasteiger partial charge in [-0.2, -0.15) is 0 Å². The summed E-state index contributed by atoms with van der Waals surface area (Å²) in [5.74, 6) is 1.62. The van der Waals surface area contributed by atoms with Gasteiger partial charge in [-0.15, -0.1) is 0 Å². The maximum absolute atomic E-state index is 10.6. The van der Waals surface area contributed by atoms with Gasteiger partial charge in [0, 0.05) is 5.92 Å². The molecule has 0 amide bonds. The van der Waals surface area contributed by atoms with Crippen LogP contribution in [0.5, 0.6) is 0 Å². The van der Waals surface area contributed by atoms with E-state index in [1.54, 1.807) is 0 Å². The summed E-state index contributed by atoms with van der Waals surface area (Å²) in [6, 6.07) is 0. The normalized spacial score (nSPS) is 24.7. The van der Waals surface area contributed by atoms with Gasteiger partial charge in [0.2, 0.25) is 0 Å². The van der Waals surface area contributed by atoms with Crippen molar-refractivity contribution in [3.05, 3.63) is 0 Å². The summed E-state index contributed by atoms with van der Waals surface area (Å²) in [5, 5.41) is 10.6. The molecule has 1 aliphatic rings. The topological polar surface area (TPSA) is 38.7 Å². The molecule has 3 heteroatoms.